The molecule has 0 bridgehead atoms. The van der Waals surface area contributed by atoms with Gasteiger partial charge in [-0.3, -0.25) is 4.98 Å². The zero-order chi connectivity index (χ0) is 10.6. The molecule has 1 heterocycles. The first-order chi connectivity index (χ1) is 6.63. The van der Waals surface area contributed by atoms with Crippen LogP contribution < -0.4 is 5.32 Å². The van der Waals surface area contributed by atoms with E-state index < -0.39 is 12.5 Å². The second kappa shape index (κ2) is 4.88. The summed E-state index contributed by atoms with van der Waals surface area (Å²) in [5.74, 6) is 0. The predicted molar refractivity (Wildman–Crippen MR) is 52.7 cm³/mol. The van der Waals surface area contributed by atoms with E-state index in [0.29, 0.717) is 5.69 Å². The third-order valence-electron chi connectivity index (χ3n) is 1.95. The summed E-state index contributed by atoms with van der Waals surface area (Å²) in [4.78, 5) is 4.08. The number of halogens is 2. The number of hydrogen-bond donors (Lipinski definition) is 1. The Morgan fingerprint density at radius 3 is 2.79 bits per heavy atom. The zero-order valence-electron chi connectivity index (χ0n) is 8.30. The summed E-state index contributed by atoms with van der Waals surface area (Å²) in [7, 11) is 0. The molecule has 0 radical (unpaired) electrons. The Bertz CT molecular complexity index is 289. The van der Waals surface area contributed by atoms with Crippen LogP contribution in [0.25, 0.3) is 0 Å². The van der Waals surface area contributed by atoms with Gasteiger partial charge in [-0.1, -0.05) is 6.92 Å². The van der Waals surface area contributed by atoms with Crippen molar-refractivity contribution in [2.24, 2.45) is 0 Å². The van der Waals surface area contributed by atoms with E-state index >= 15 is 0 Å². The summed E-state index contributed by atoms with van der Waals surface area (Å²) < 4.78 is 24.4. The molecule has 0 amide bonds. The molecule has 0 aliphatic carbocycles. The summed E-state index contributed by atoms with van der Waals surface area (Å²) in [5.41, 5.74) is 1.60. The van der Waals surface area contributed by atoms with Gasteiger partial charge in [-0.2, -0.15) is 0 Å². The maximum atomic E-state index is 12.2. The van der Waals surface area contributed by atoms with E-state index in [1.165, 1.54) is 6.92 Å². The summed E-state index contributed by atoms with van der Waals surface area (Å²) in [5, 5.41) is 2.73. The average molecular weight is 200 g/mol. The highest BCUT2D eigenvalue weighted by molar-refractivity contribution is 5.44. The van der Waals surface area contributed by atoms with E-state index in [4.69, 9.17) is 0 Å². The van der Waals surface area contributed by atoms with E-state index in [0.717, 1.165) is 12.1 Å². The molecular formula is C10H14F2N2. The van der Waals surface area contributed by atoms with Crippen LogP contribution in [0.4, 0.5) is 14.5 Å². The molecule has 0 aromatic carbocycles. The van der Waals surface area contributed by atoms with Gasteiger partial charge in [-0.15, -0.1) is 0 Å². The van der Waals surface area contributed by atoms with Crippen LogP contribution in [0.3, 0.4) is 0 Å². The van der Waals surface area contributed by atoms with Crippen LogP contribution in [-0.4, -0.2) is 17.5 Å². The third kappa shape index (κ3) is 2.94. The van der Waals surface area contributed by atoms with Gasteiger partial charge in [0.15, 0.2) is 0 Å². The second-order valence-electron chi connectivity index (χ2n) is 3.16. The maximum absolute atomic E-state index is 12.2. The number of nitrogens with one attached hydrogen (secondary N) is 1. The van der Waals surface area contributed by atoms with Crippen LogP contribution in [0, 0.1) is 0 Å². The Morgan fingerprint density at radius 2 is 2.21 bits per heavy atom. The lowest BCUT2D eigenvalue weighted by atomic mass is 10.2. The van der Waals surface area contributed by atoms with Gasteiger partial charge in [0, 0.05) is 17.6 Å². The van der Waals surface area contributed by atoms with Crippen LogP contribution in [-0.2, 0) is 6.42 Å². The number of alkyl halides is 2. The molecule has 1 aromatic rings. The monoisotopic (exact) mass is 200 g/mol. The molecule has 1 aromatic heterocycles. The van der Waals surface area contributed by atoms with Crippen molar-refractivity contribution in [3.8, 4) is 0 Å². The second-order valence-corrected chi connectivity index (χ2v) is 3.16. The molecule has 14 heavy (non-hydrogen) atoms. The van der Waals surface area contributed by atoms with Crippen molar-refractivity contribution in [3.05, 3.63) is 24.0 Å². The smallest absolute Gasteiger partial charge is 0.258 e. The molecule has 78 valence electrons. The molecule has 2 nitrogen and oxygen atoms in total. The van der Waals surface area contributed by atoms with Gasteiger partial charge in [0.05, 0.1) is 6.04 Å². The SMILES string of the molecule is CCc1cc(NC(C)C(F)F)ccn1. The molecule has 1 N–H and O–H groups in total. The molecule has 1 atom stereocenters. The van der Waals surface area contributed by atoms with Crippen LogP contribution in [0.5, 0.6) is 0 Å². The minimum atomic E-state index is -2.35. The van der Waals surface area contributed by atoms with Crippen molar-refractivity contribution in [2.45, 2.75) is 32.7 Å². The van der Waals surface area contributed by atoms with E-state index in [-0.39, 0.29) is 0 Å². The molecule has 0 fully saturated rings. The quantitative estimate of drug-likeness (QED) is 0.808. The number of rotatable bonds is 4. The van der Waals surface area contributed by atoms with Crippen molar-refractivity contribution in [2.75, 3.05) is 5.32 Å². The largest absolute Gasteiger partial charge is 0.377 e. The fraction of sp³-hybridized carbons (Fsp3) is 0.500. The van der Waals surface area contributed by atoms with Gasteiger partial charge < -0.3 is 5.32 Å². The Labute approximate surface area is 82.4 Å². The van der Waals surface area contributed by atoms with Gasteiger partial charge >= 0.3 is 0 Å². The summed E-state index contributed by atoms with van der Waals surface area (Å²) >= 11 is 0. The van der Waals surface area contributed by atoms with E-state index in [1.807, 2.05) is 6.92 Å². The molecule has 0 spiro atoms. The molecule has 0 aliphatic rings. The zero-order valence-corrected chi connectivity index (χ0v) is 8.30. The van der Waals surface area contributed by atoms with E-state index in [1.54, 1.807) is 18.3 Å². The predicted octanol–water partition coefficient (Wildman–Crippen LogP) is 2.71. The Hall–Kier alpha value is -1.19. The lowest BCUT2D eigenvalue weighted by Crippen LogP contribution is -2.23. The topological polar surface area (TPSA) is 24.9 Å². The number of pyridine rings is 1. The summed E-state index contributed by atoms with van der Waals surface area (Å²) in [6.45, 7) is 3.43. The lowest BCUT2D eigenvalue weighted by molar-refractivity contribution is 0.130. The number of nitrogens with zero attached hydrogens (tertiary/aromatic N) is 1. The van der Waals surface area contributed by atoms with Gasteiger partial charge in [0.25, 0.3) is 6.43 Å². The molecule has 0 saturated heterocycles. The van der Waals surface area contributed by atoms with Gasteiger partial charge in [-0.05, 0) is 25.5 Å². The van der Waals surface area contributed by atoms with E-state index in [9.17, 15) is 8.78 Å². The first-order valence-electron chi connectivity index (χ1n) is 4.63. The normalized spacial score (nSPS) is 12.9. The molecule has 4 heteroatoms. The molecule has 0 saturated carbocycles. The third-order valence-corrected chi connectivity index (χ3v) is 1.95. The molecule has 1 rings (SSSR count). The minimum Gasteiger partial charge on any atom is -0.377 e. The number of anilines is 1. The highest BCUT2D eigenvalue weighted by Gasteiger charge is 2.13. The number of aryl methyl sites for hydroxylation is 1. The van der Waals surface area contributed by atoms with Crippen molar-refractivity contribution in [3.63, 3.8) is 0 Å². The fourth-order valence-electron chi connectivity index (χ4n) is 1.09. The molecular weight excluding hydrogens is 186 g/mol. The van der Waals surface area contributed by atoms with Crippen molar-refractivity contribution >= 4 is 5.69 Å². The van der Waals surface area contributed by atoms with Gasteiger partial charge in [-0.25, -0.2) is 8.78 Å². The standard InChI is InChI=1S/C10H14F2N2/c1-3-8-6-9(4-5-13-8)14-7(2)10(11)12/h4-7,10H,3H2,1-2H3,(H,13,14). The number of hydrogen-bond acceptors (Lipinski definition) is 2. The van der Waals surface area contributed by atoms with E-state index in [2.05, 4.69) is 10.3 Å². The van der Waals surface area contributed by atoms with Crippen LogP contribution in [0.15, 0.2) is 18.3 Å². The highest BCUT2D eigenvalue weighted by Crippen LogP contribution is 2.12. The highest BCUT2D eigenvalue weighted by atomic mass is 19.3. The summed E-state index contributed by atoms with van der Waals surface area (Å²) in [6.07, 6.45) is 0.0750. The van der Waals surface area contributed by atoms with Crippen molar-refractivity contribution in [1.82, 2.24) is 4.98 Å². The summed E-state index contributed by atoms with van der Waals surface area (Å²) in [6, 6.07) is 2.65. The molecule has 0 aliphatic heterocycles. The lowest BCUT2D eigenvalue weighted by Gasteiger charge is -2.14. The Morgan fingerprint density at radius 1 is 1.50 bits per heavy atom. The number of aromatic nitrogens is 1. The fourth-order valence-corrected chi connectivity index (χ4v) is 1.09. The Kier molecular flexibility index (Phi) is 3.80. The van der Waals surface area contributed by atoms with Crippen molar-refractivity contribution in [1.29, 1.82) is 0 Å². The first kappa shape index (κ1) is 10.9. The van der Waals surface area contributed by atoms with Crippen LogP contribution in [0.1, 0.15) is 19.5 Å². The minimum absolute atomic E-state index is 0.699. The average Bonchev–Trinajstić information content (AvgIpc) is 2.18. The first-order valence-corrected chi connectivity index (χ1v) is 4.63. The van der Waals surface area contributed by atoms with Gasteiger partial charge in [0.2, 0.25) is 0 Å². The van der Waals surface area contributed by atoms with Crippen LogP contribution in [0.2, 0.25) is 0 Å². The van der Waals surface area contributed by atoms with Gasteiger partial charge in [0.1, 0.15) is 0 Å². The Balaban J connectivity index is 2.66. The molecule has 1 unspecified atom stereocenters. The maximum Gasteiger partial charge on any atom is 0.258 e. The van der Waals surface area contributed by atoms with Crippen molar-refractivity contribution < 1.29 is 8.78 Å². The van der Waals surface area contributed by atoms with Crippen LogP contribution >= 0.6 is 0 Å².